The standard InChI is InChI=1S/C51H34N4S2/c1-3-4-12-41-32(2)56-49-21-19-36(28-43(41)49)38-25-39(37-20-22-50-44(29-37)42-13-8-9-14-48(42)57-50)27-40(26-38)47-30-46(33-10-6-5-7-11-33)54-51(55-47)35-17-15-34(16-18-35)45-23-24-52-31-53-45/h3-31H,1H2,2H3/b12-4-. The third-order valence-corrected chi connectivity index (χ3v) is 12.7. The molecule has 0 aliphatic heterocycles. The van der Waals surface area contributed by atoms with Gasteiger partial charge in [-0.25, -0.2) is 19.9 Å². The molecule has 57 heavy (non-hydrogen) atoms. The quantitative estimate of drug-likeness (QED) is 0.145. The van der Waals surface area contributed by atoms with Gasteiger partial charge in [-0.3, -0.25) is 0 Å². The lowest BCUT2D eigenvalue weighted by molar-refractivity contribution is 1.17. The molecule has 0 unspecified atom stereocenters. The summed E-state index contributed by atoms with van der Waals surface area (Å²) in [4.78, 5) is 20.3. The van der Waals surface area contributed by atoms with Crippen LogP contribution in [-0.4, -0.2) is 19.9 Å². The summed E-state index contributed by atoms with van der Waals surface area (Å²) in [5.74, 6) is 0.660. The number of rotatable bonds is 8. The summed E-state index contributed by atoms with van der Waals surface area (Å²) in [6.45, 7) is 6.10. The van der Waals surface area contributed by atoms with Crippen molar-refractivity contribution >= 4 is 59.0 Å². The fourth-order valence-electron chi connectivity index (χ4n) is 7.54. The van der Waals surface area contributed by atoms with Gasteiger partial charge in [0.05, 0.1) is 17.1 Å². The van der Waals surface area contributed by atoms with E-state index in [1.165, 1.54) is 40.7 Å². The van der Waals surface area contributed by atoms with E-state index in [9.17, 15) is 0 Å². The number of hydrogen-bond acceptors (Lipinski definition) is 6. The van der Waals surface area contributed by atoms with Crippen LogP contribution in [0.2, 0.25) is 0 Å². The number of nitrogens with zero attached hydrogens (tertiary/aromatic N) is 4. The monoisotopic (exact) mass is 766 g/mol. The van der Waals surface area contributed by atoms with Gasteiger partial charge in [0.2, 0.25) is 0 Å². The summed E-state index contributed by atoms with van der Waals surface area (Å²) >= 11 is 3.67. The smallest absolute Gasteiger partial charge is 0.160 e. The number of allylic oxidation sites excluding steroid dienone is 2. The maximum Gasteiger partial charge on any atom is 0.160 e. The van der Waals surface area contributed by atoms with Gasteiger partial charge in [0.15, 0.2) is 5.82 Å². The molecule has 4 heterocycles. The van der Waals surface area contributed by atoms with Crippen LogP contribution in [0.15, 0.2) is 177 Å². The van der Waals surface area contributed by atoms with Crippen molar-refractivity contribution in [1.29, 1.82) is 0 Å². The highest BCUT2D eigenvalue weighted by Gasteiger charge is 2.16. The molecule has 4 aromatic heterocycles. The molecular formula is C51H34N4S2. The minimum atomic E-state index is 0.660. The lowest BCUT2D eigenvalue weighted by Gasteiger charge is -2.14. The molecule has 0 fully saturated rings. The normalized spacial score (nSPS) is 11.6. The number of fused-ring (bicyclic) bond motifs is 4. The second kappa shape index (κ2) is 14.7. The predicted molar refractivity (Wildman–Crippen MR) is 242 cm³/mol. The van der Waals surface area contributed by atoms with Crippen LogP contribution in [0.25, 0.3) is 104 Å². The lowest BCUT2D eigenvalue weighted by atomic mass is 9.93. The average molecular weight is 767 g/mol. The van der Waals surface area contributed by atoms with Crippen LogP contribution in [0.3, 0.4) is 0 Å². The number of thiophene rings is 2. The zero-order chi connectivity index (χ0) is 38.3. The van der Waals surface area contributed by atoms with E-state index in [4.69, 9.17) is 9.97 Å². The minimum absolute atomic E-state index is 0.660. The van der Waals surface area contributed by atoms with Gasteiger partial charge in [-0.2, -0.15) is 0 Å². The molecule has 270 valence electrons. The van der Waals surface area contributed by atoms with Crippen molar-refractivity contribution in [2.24, 2.45) is 0 Å². The van der Waals surface area contributed by atoms with Gasteiger partial charge >= 0.3 is 0 Å². The van der Waals surface area contributed by atoms with Crippen LogP contribution < -0.4 is 0 Å². The molecule has 6 aromatic carbocycles. The van der Waals surface area contributed by atoms with Crippen molar-refractivity contribution in [2.45, 2.75) is 6.92 Å². The summed E-state index contributed by atoms with van der Waals surface area (Å²) in [5, 5.41) is 3.80. The van der Waals surface area contributed by atoms with E-state index in [2.05, 4.69) is 163 Å². The van der Waals surface area contributed by atoms with E-state index < -0.39 is 0 Å². The highest BCUT2D eigenvalue weighted by Crippen LogP contribution is 2.41. The van der Waals surface area contributed by atoms with Crippen molar-refractivity contribution in [2.75, 3.05) is 0 Å². The Balaban J connectivity index is 1.18. The van der Waals surface area contributed by atoms with Gasteiger partial charge in [-0.15, -0.1) is 22.7 Å². The van der Waals surface area contributed by atoms with E-state index in [0.29, 0.717) is 5.82 Å². The average Bonchev–Trinajstić information content (AvgIpc) is 3.81. The summed E-state index contributed by atoms with van der Waals surface area (Å²) < 4.78 is 3.85. The van der Waals surface area contributed by atoms with Crippen LogP contribution in [0.5, 0.6) is 0 Å². The highest BCUT2D eigenvalue weighted by atomic mass is 32.1. The third kappa shape index (κ3) is 6.65. The third-order valence-electron chi connectivity index (χ3n) is 10.4. The van der Waals surface area contributed by atoms with Crippen LogP contribution in [-0.2, 0) is 0 Å². The molecule has 4 nitrogen and oxygen atoms in total. The van der Waals surface area contributed by atoms with Crippen LogP contribution in [0, 0.1) is 6.92 Å². The van der Waals surface area contributed by atoms with E-state index in [1.54, 1.807) is 12.5 Å². The minimum Gasteiger partial charge on any atom is -0.245 e. The first-order chi connectivity index (χ1) is 28.1. The zero-order valence-corrected chi connectivity index (χ0v) is 32.7. The molecule has 6 heteroatoms. The van der Waals surface area contributed by atoms with Gasteiger partial charge in [0.25, 0.3) is 0 Å². The molecule has 0 amide bonds. The molecule has 0 atom stereocenters. The Morgan fingerprint density at radius 1 is 0.491 bits per heavy atom. The molecule has 0 saturated carbocycles. The van der Waals surface area contributed by atoms with Gasteiger partial charge in [-0.05, 0) is 95.4 Å². The van der Waals surface area contributed by atoms with Crippen molar-refractivity contribution in [1.82, 2.24) is 19.9 Å². The predicted octanol–water partition coefficient (Wildman–Crippen LogP) is 14.4. The number of hydrogen-bond donors (Lipinski definition) is 0. The summed E-state index contributed by atoms with van der Waals surface area (Å²) in [6, 6.07) is 51.9. The van der Waals surface area contributed by atoms with Gasteiger partial charge in [0, 0.05) is 63.6 Å². The van der Waals surface area contributed by atoms with Gasteiger partial charge < -0.3 is 0 Å². The van der Waals surface area contributed by atoms with E-state index in [1.807, 2.05) is 47.0 Å². The first-order valence-electron chi connectivity index (χ1n) is 18.8. The first-order valence-corrected chi connectivity index (χ1v) is 20.4. The SMILES string of the molecule is C=C/C=C\c1c(C)sc2ccc(-c3cc(-c4ccc5sc6ccccc6c5c4)cc(-c4cc(-c5ccccc5)nc(-c5ccc(-c6ccncn6)cc5)n4)c3)cc12. The molecule has 0 aliphatic rings. The molecule has 10 aromatic rings. The Labute approximate surface area is 338 Å². The molecule has 0 radical (unpaired) electrons. The van der Waals surface area contributed by atoms with Gasteiger partial charge in [0.1, 0.15) is 6.33 Å². The Morgan fingerprint density at radius 3 is 1.84 bits per heavy atom. The Morgan fingerprint density at radius 2 is 1.11 bits per heavy atom. The number of benzene rings is 6. The molecule has 0 bridgehead atoms. The fourth-order valence-corrected chi connectivity index (χ4v) is 9.66. The Kier molecular flexibility index (Phi) is 8.90. The summed E-state index contributed by atoms with van der Waals surface area (Å²) in [7, 11) is 0. The summed E-state index contributed by atoms with van der Waals surface area (Å²) in [6.07, 6.45) is 9.35. The van der Waals surface area contributed by atoms with Crippen molar-refractivity contribution < 1.29 is 0 Å². The summed E-state index contributed by atoms with van der Waals surface area (Å²) in [5.41, 5.74) is 12.4. The van der Waals surface area contributed by atoms with Crippen molar-refractivity contribution in [3.8, 4) is 67.4 Å². The fraction of sp³-hybridized carbons (Fsp3) is 0.0196. The largest absolute Gasteiger partial charge is 0.245 e. The maximum atomic E-state index is 5.30. The maximum absolute atomic E-state index is 5.30. The number of aromatic nitrogens is 4. The molecule has 10 rings (SSSR count). The Hall–Kier alpha value is -6.86. The topological polar surface area (TPSA) is 51.6 Å². The van der Waals surface area contributed by atoms with Crippen LogP contribution >= 0.6 is 22.7 Å². The number of aryl methyl sites for hydroxylation is 1. The lowest BCUT2D eigenvalue weighted by Crippen LogP contribution is -1.97. The van der Waals surface area contributed by atoms with Crippen molar-refractivity contribution in [3.05, 3.63) is 187 Å². The van der Waals surface area contributed by atoms with Crippen LogP contribution in [0.1, 0.15) is 10.4 Å². The first kappa shape index (κ1) is 34.6. The van der Waals surface area contributed by atoms with E-state index >= 15 is 0 Å². The molecule has 0 aliphatic carbocycles. The van der Waals surface area contributed by atoms with E-state index in [-0.39, 0.29) is 0 Å². The molecular weight excluding hydrogens is 733 g/mol. The second-order valence-electron chi connectivity index (χ2n) is 14.0. The zero-order valence-electron chi connectivity index (χ0n) is 31.1. The Bertz CT molecular complexity index is 3140. The second-order valence-corrected chi connectivity index (χ2v) is 16.3. The molecule has 0 spiro atoms. The highest BCUT2D eigenvalue weighted by molar-refractivity contribution is 7.25. The molecule has 0 saturated heterocycles. The molecule has 0 N–H and O–H groups in total. The van der Waals surface area contributed by atoms with Gasteiger partial charge in [-0.1, -0.05) is 110 Å². The van der Waals surface area contributed by atoms with Crippen molar-refractivity contribution in [3.63, 3.8) is 0 Å². The van der Waals surface area contributed by atoms with E-state index in [0.717, 1.165) is 61.6 Å². The van der Waals surface area contributed by atoms with Crippen LogP contribution in [0.4, 0.5) is 0 Å².